The van der Waals surface area contributed by atoms with Crippen LogP contribution in [0.1, 0.15) is 24.8 Å². The minimum absolute atomic E-state index is 0. The number of amides is 1. The first kappa shape index (κ1) is 21.6. The van der Waals surface area contributed by atoms with Crippen LogP contribution in [-0.2, 0) is 11.2 Å². The molecule has 2 heterocycles. The molecule has 0 radical (unpaired) electrons. The van der Waals surface area contributed by atoms with Gasteiger partial charge < -0.3 is 25.0 Å². The molecule has 1 saturated heterocycles. The van der Waals surface area contributed by atoms with Crippen LogP contribution in [0.5, 0.6) is 11.5 Å². The number of halogens is 1. The summed E-state index contributed by atoms with van der Waals surface area (Å²) in [5.74, 6) is 3.18. The quantitative estimate of drug-likeness (QED) is 0.377. The zero-order chi connectivity index (χ0) is 18.4. The summed E-state index contributed by atoms with van der Waals surface area (Å²) < 4.78 is 10.8. The molecule has 27 heavy (non-hydrogen) atoms. The Bertz CT molecular complexity index is 660. The van der Waals surface area contributed by atoms with E-state index in [1.807, 2.05) is 19.2 Å². The Hall–Kier alpha value is -1.71. The van der Waals surface area contributed by atoms with Crippen LogP contribution >= 0.6 is 24.0 Å². The van der Waals surface area contributed by atoms with Crippen LogP contribution in [0.2, 0.25) is 0 Å². The van der Waals surface area contributed by atoms with Crippen LogP contribution in [0.3, 0.4) is 0 Å². The zero-order valence-electron chi connectivity index (χ0n) is 16.0. The third-order valence-corrected chi connectivity index (χ3v) is 5.01. The van der Waals surface area contributed by atoms with Crippen molar-refractivity contribution in [2.24, 2.45) is 10.9 Å². The first-order valence-electron chi connectivity index (χ1n) is 9.24. The number of nitrogens with one attached hydrogen (secondary N) is 2. The Morgan fingerprint density at radius 1 is 1.26 bits per heavy atom. The van der Waals surface area contributed by atoms with Gasteiger partial charge in [-0.2, -0.15) is 0 Å². The summed E-state index contributed by atoms with van der Waals surface area (Å²) in [7, 11) is 3.52. The van der Waals surface area contributed by atoms with Crippen molar-refractivity contribution >= 4 is 35.8 Å². The van der Waals surface area contributed by atoms with Gasteiger partial charge in [-0.15, -0.1) is 24.0 Å². The lowest BCUT2D eigenvalue weighted by molar-refractivity contribution is -0.121. The standard InChI is InChI=1S/C19H28N4O3.HI/c1-20-18(24)12-15-6-9-23(10-7-15)19(21-2)22-8-5-14-3-4-16-17(11-14)26-13-25-16;/h3-4,11,15H,5-10,12-13H2,1-2H3,(H,20,24)(H,21,22);1H. The van der Waals surface area contributed by atoms with E-state index in [1.165, 1.54) is 5.56 Å². The molecule has 1 aromatic carbocycles. The summed E-state index contributed by atoms with van der Waals surface area (Å²) in [5.41, 5.74) is 1.21. The number of rotatable bonds is 5. The van der Waals surface area contributed by atoms with Crippen molar-refractivity contribution in [1.29, 1.82) is 0 Å². The van der Waals surface area contributed by atoms with Crippen LogP contribution < -0.4 is 20.1 Å². The number of nitrogens with zero attached hydrogens (tertiary/aromatic N) is 2. The summed E-state index contributed by atoms with van der Waals surface area (Å²) in [4.78, 5) is 18.2. The van der Waals surface area contributed by atoms with Crippen LogP contribution in [0.25, 0.3) is 0 Å². The molecule has 8 heteroatoms. The monoisotopic (exact) mass is 488 g/mol. The van der Waals surface area contributed by atoms with Gasteiger partial charge in [-0.3, -0.25) is 9.79 Å². The molecular weight excluding hydrogens is 459 g/mol. The first-order chi connectivity index (χ1) is 12.7. The highest BCUT2D eigenvalue weighted by molar-refractivity contribution is 14.0. The molecule has 0 aliphatic carbocycles. The van der Waals surface area contributed by atoms with E-state index in [-0.39, 0.29) is 29.9 Å². The fourth-order valence-electron chi connectivity index (χ4n) is 3.46. The normalized spacial score (nSPS) is 16.7. The van der Waals surface area contributed by atoms with Crippen LogP contribution in [0.15, 0.2) is 23.2 Å². The second kappa shape index (κ2) is 10.6. The molecule has 0 spiro atoms. The number of carbonyl (C=O) groups is 1. The smallest absolute Gasteiger partial charge is 0.231 e. The van der Waals surface area contributed by atoms with E-state index in [0.717, 1.165) is 56.4 Å². The Balaban J connectivity index is 0.00000261. The lowest BCUT2D eigenvalue weighted by Crippen LogP contribution is -2.46. The van der Waals surface area contributed by atoms with Crippen LogP contribution in [0, 0.1) is 5.92 Å². The average molecular weight is 488 g/mol. The van der Waals surface area contributed by atoms with Gasteiger partial charge in [-0.25, -0.2) is 0 Å². The SMILES string of the molecule is CN=C(NCCc1ccc2c(c1)OCO2)N1CCC(CC(=O)NC)CC1.I. The Labute approximate surface area is 177 Å². The van der Waals surface area contributed by atoms with Crippen molar-refractivity contribution in [3.8, 4) is 11.5 Å². The van der Waals surface area contributed by atoms with Crippen molar-refractivity contribution in [3.05, 3.63) is 23.8 Å². The fourth-order valence-corrected chi connectivity index (χ4v) is 3.46. The molecule has 0 atom stereocenters. The summed E-state index contributed by atoms with van der Waals surface area (Å²) >= 11 is 0. The summed E-state index contributed by atoms with van der Waals surface area (Å²) in [6, 6.07) is 6.07. The number of guanidine groups is 1. The van der Waals surface area contributed by atoms with E-state index in [9.17, 15) is 4.79 Å². The number of piperidine rings is 1. The predicted octanol–water partition coefficient (Wildman–Crippen LogP) is 2.00. The minimum atomic E-state index is 0. The number of hydrogen-bond acceptors (Lipinski definition) is 4. The van der Waals surface area contributed by atoms with Gasteiger partial charge in [0.1, 0.15) is 0 Å². The van der Waals surface area contributed by atoms with Crippen LogP contribution in [-0.4, -0.2) is 57.3 Å². The molecule has 1 aromatic rings. The summed E-state index contributed by atoms with van der Waals surface area (Å²) in [6.45, 7) is 2.99. The van der Waals surface area contributed by atoms with E-state index in [1.54, 1.807) is 7.05 Å². The van der Waals surface area contributed by atoms with E-state index in [0.29, 0.717) is 19.1 Å². The third kappa shape index (κ3) is 5.88. The highest BCUT2D eigenvalue weighted by Gasteiger charge is 2.23. The van der Waals surface area contributed by atoms with Gasteiger partial charge in [0.25, 0.3) is 0 Å². The Morgan fingerprint density at radius 2 is 2.00 bits per heavy atom. The van der Waals surface area contributed by atoms with Crippen molar-refractivity contribution in [3.63, 3.8) is 0 Å². The number of fused-ring (bicyclic) bond motifs is 1. The molecule has 2 N–H and O–H groups in total. The van der Waals surface area contributed by atoms with Crippen molar-refractivity contribution in [2.45, 2.75) is 25.7 Å². The van der Waals surface area contributed by atoms with Gasteiger partial charge in [0.05, 0.1) is 0 Å². The number of benzene rings is 1. The van der Waals surface area contributed by atoms with E-state index < -0.39 is 0 Å². The highest BCUT2D eigenvalue weighted by atomic mass is 127. The second-order valence-corrected chi connectivity index (χ2v) is 6.72. The van der Waals surface area contributed by atoms with Gasteiger partial charge >= 0.3 is 0 Å². The van der Waals surface area contributed by atoms with Gasteiger partial charge in [0.15, 0.2) is 17.5 Å². The van der Waals surface area contributed by atoms with Gasteiger partial charge in [0.2, 0.25) is 12.7 Å². The number of ether oxygens (including phenoxy) is 2. The molecule has 1 amide bonds. The van der Waals surface area contributed by atoms with Crippen molar-refractivity contribution in [1.82, 2.24) is 15.5 Å². The molecule has 3 rings (SSSR count). The largest absolute Gasteiger partial charge is 0.454 e. The lowest BCUT2D eigenvalue weighted by Gasteiger charge is -2.34. The number of likely N-dealkylation sites (tertiary alicyclic amines) is 1. The van der Waals surface area contributed by atoms with Crippen LogP contribution in [0.4, 0.5) is 0 Å². The molecule has 2 aliphatic rings. The minimum Gasteiger partial charge on any atom is -0.454 e. The Kier molecular flexibility index (Phi) is 8.46. The molecule has 0 saturated carbocycles. The molecule has 0 aromatic heterocycles. The topological polar surface area (TPSA) is 75.2 Å². The zero-order valence-corrected chi connectivity index (χ0v) is 18.3. The second-order valence-electron chi connectivity index (χ2n) is 6.72. The first-order valence-corrected chi connectivity index (χ1v) is 9.24. The van der Waals surface area contributed by atoms with E-state index in [2.05, 4.69) is 26.6 Å². The molecule has 7 nitrogen and oxygen atoms in total. The van der Waals surface area contributed by atoms with Crippen molar-refractivity contribution < 1.29 is 14.3 Å². The maximum Gasteiger partial charge on any atom is 0.231 e. The number of carbonyl (C=O) groups excluding carboxylic acids is 1. The van der Waals surface area contributed by atoms with Crippen molar-refractivity contribution in [2.75, 3.05) is 40.5 Å². The van der Waals surface area contributed by atoms with E-state index in [4.69, 9.17) is 9.47 Å². The molecule has 150 valence electrons. The average Bonchev–Trinajstić information content (AvgIpc) is 3.14. The van der Waals surface area contributed by atoms with Gasteiger partial charge in [-0.1, -0.05) is 6.07 Å². The number of aliphatic imine (C=N–C) groups is 1. The Morgan fingerprint density at radius 3 is 2.70 bits per heavy atom. The fraction of sp³-hybridized carbons (Fsp3) is 0.579. The van der Waals surface area contributed by atoms with Gasteiger partial charge in [0, 0.05) is 40.2 Å². The summed E-state index contributed by atoms with van der Waals surface area (Å²) in [5, 5.41) is 6.16. The third-order valence-electron chi connectivity index (χ3n) is 5.01. The van der Waals surface area contributed by atoms with Gasteiger partial charge in [-0.05, 0) is 42.9 Å². The molecule has 1 fully saturated rings. The summed E-state index contributed by atoms with van der Waals surface area (Å²) in [6.07, 6.45) is 3.57. The highest BCUT2D eigenvalue weighted by Crippen LogP contribution is 2.32. The van der Waals surface area contributed by atoms with E-state index >= 15 is 0 Å². The predicted molar refractivity (Wildman–Crippen MR) is 116 cm³/mol. The molecule has 2 aliphatic heterocycles. The molecule has 0 bridgehead atoms. The number of hydrogen-bond donors (Lipinski definition) is 2. The molecular formula is C19H29IN4O3. The maximum absolute atomic E-state index is 11.5. The maximum atomic E-state index is 11.5. The molecule has 0 unspecified atom stereocenters. The lowest BCUT2D eigenvalue weighted by atomic mass is 9.93.